The van der Waals surface area contributed by atoms with Gasteiger partial charge in [0.2, 0.25) is 0 Å². The van der Waals surface area contributed by atoms with E-state index in [2.05, 4.69) is 328 Å². The molecular weight excluding hydrogens is 1130 g/mol. The first-order chi connectivity index (χ1) is 44.2. The Balaban J connectivity index is 0.713. The Morgan fingerprint density at radius 1 is 0.144 bits per heavy atom. The number of hydrogen-bond acceptors (Lipinski definition) is 2. The van der Waals surface area contributed by atoms with E-state index in [-0.39, 0.29) is 0 Å². The maximum Gasteiger partial charge on any atom is 0.171 e. The highest BCUT2D eigenvalue weighted by atomic mass is 31.2. The fourth-order valence-corrected chi connectivity index (χ4v) is 19.8. The van der Waals surface area contributed by atoms with Crippen LogP contribution >= 0.6 is 14.3 Å². The maximum atomic E-state index is 16.5. The van der Waals surface area contributed by atoms with Gasteiger partial charge in [0.25, 0.3) is 0 Å². The van der Waals surface area contributed by atoms with Gasteiger partial charge in [-0.3, -0.25) is 0 Å². The number of rotatable bonds is 8. The summed E-state index contributed by atoms with van der Waals surface area (Å²) >= 11 is 0. The van der Waals surface area contributed by atoms with Crippen molar-refractivity contribution in [1.29, 1.82) is 0 Å². The minimum Gasteiger partial charge on any atom is -0.309 e. The van der Waals surface area contributed by atoms with Gasteiger partial charge < -0.3 is 9.13 Å². The lowest BCUT2D eigenvalue weighted by molar-refractivity contribution is 0.591. The molecule has 90 heavy (non-hydrogen) atoms. The highest BCUT2D eigenvalue weighted by Gasteiger charge is 2.32. The lowest BCUT2D eigenvalue weighted by Crippen LogP contribution is -2.25. The van der Waals surface area contributed by atoms with Gasteiger partial charge in [-0.2, -0.15) is 0 Å². The minimum atomic E-state index is -3.42. The van der Waals surface area contributed by atoms with E-state index in [0.29, 0.717) is 0 Å². The van der Waals surface area contributed by atoms with Crippen molar-refractivity contribution >= 4 is 165 Å². The zero-order valence-corrected chi connectivity index (χ0v) is 50.7. The smallest absolute Gasteiger partial charge is 0.171 e. The van der Waals surface area contributed by atoms with Gasteiger partial charge in [0.05, 0.1) is 0 Å². The van der Waals surface area contributed by atoms with Crippen LogP contribution in [0.3, 0.4) is 0 Å². The Bertz CT molecular complexity index is 5520. The second-order valence-corrected chi connectivity index (χ2v) is 29.8. The zero-order chi connectivity index (χ0) is 59.7. The molecule has 18 rings (SSSR count). The Morgan fingerprint density at radius 2 is 0.356 bits per heavy atom. The Morgan fingerprint density at radius 3 is 0.633 bits per heavy atom. The van der Waals surface area contributed by atoms with Crippen LogP contribution in [0.1, 0.15) is 0 Å². The topological polar surface area (TPSA) is 34.1 Å². The van der Waals surface area contributed by atoms with Crippen molar-refractivity contribution in [3.05, 3.63) is 328 Å². The lowest BCUT2D eigenvalue weighted by Gasteiger charge is -2.22. The summed E-state index contributed by atoms with van der Waals surface area (Å²) in [5.74, 6) is 0. The van der Waals surface area contributed by atoms with Crippen molar-refractivity contribution in [2.75, 3.05) is 0 Å². The van der Waals surface area contributed by atoms with E-state index in [4.69, 9.17) is 0 Å². The third-order valence-corrected chi connectivity index (χ3v) is 25.2. The molecule has 4 heteroatoms. The summed E-state index contributed by atoms with van der Waals surface area (Å²) in [6.07, 6.45) is 0. The van der Waals surface area contributed by atoms with Crippen molar-refractivity contribution in [3.63, 3.8) is 0 Å². The Labute approximate surface area is 520 Å². The third-order valence-electron chi connectivity index (χ3n) is 19.2. The fourth-order valence-electron chi connectivity index (χ4n) is 14.4. The van der Waals surface area contributed by atoms with Crippen LogP contribution in [0.25, 0.3) is 141 Å². The maximum absolute atomic E-state index is 16.5. The summed E-state index contributed by atoms with van der Waals surface area (Å²) in [6, 6.07) is 116. The predicted octanol–water partition coefficient (Wildman–Crippen LogP) is 21.0. The molecule has 0 unspecified atom stereocenters. The van der Waals surface area contributed by atoms with Crippen molar-refractivity contribution in [1.82, 2.24) is 0 Å². The lowest BCUT2D eigenvalue weighted by atomic mass is 9.90. The zero-order valence-electron chi connectivity index (χ0n) is 48.9. The van der Waals surface area contributed by atoms with E-state index >= 15 is 9.13 Å². The van der Waals surface area contributed by atoms with Crippen molar-refractivity contribution in [2.24, 2.45) is 0 Å². The molecule has 18 aromatic carbocycles. The van der Waals surface area contributed by atoms with E-state index in [0.717, 1.165) is 119 Å². The van der Waals surface area contributed by atoms with Crippen molar-refractivity contribution in [2.45, 2.75) is 0 Å². The minimum absolute atomic E-state index is 0.793. The van der Waals surface area contributed by atoms with E-state index in [9.17, 15) is 0 Å². The van der Waals surface area contributed by atoms with Crippen LogP contribution in [0.2, 0.25) is 0 Å². The van der Waals surface area contributed by atoms with Crippen molar-refractivity contribution < 1.29 is 9.13 Å². The Hall–Kier alpha value is -10.7. The molecule has 0 fully saturated rings. The molecule has 0 N–H and O–H groups in total. The third kappa shape index (κ3) is 8.48. The van der Waals surface area contributed by atoms with Gasteiger partial charge in [-0.15, -0.1) is 0 Å². The van der Waals surface area contributed by atoms with Gasteiger partial charge in [0.15, 0.2) is 14.3 Å². The largest absolute Gasteiger partial charge is 0.309 e. The van der Waals surface area contributed by atoms with Crippen LogP contribution in [0.5, 0.6) is 0 Å². The Kier molecular flexibility index (Phi) is 11.9. The second-order valence-electron chi connectivity index (χ2n) is 24.3. The summed E-state index contributed by atoms with van der Waals surface area (Å²) in [7, 11) is -6.84. The number of hydrogen-bond donors (Lipinski definition) is 0. The molecule has 0 spiro atoms. The van der Waals surface area contributed by atoms with Gasteiger partial charge in [-0.1, -0.05) is 243 Å². The molecule has 0 bridgehead atoms. The highest BCUT2D eigenvalue weighted by molar-refractivity contribution is 7.85. The predicted molar refractivity (Wildman–Crippen MR) is 389 cm³/mol. The number of benzene rings is 18. The summed E-state index contributed by atoms with van der Waals surface area (Å²) in [5, 5.41) is 30.0. The summed E-state index contributed by atoms with van der Waals surface area (Å²) in [6.45, 7) is 0. The van der Waals surface area contributed by atoms with Gasteiger partial charge in [-0.05, 0) is 226 Å². The average molecular weight is 1180 g/mol. The molecule has 0 saturated carbocycles. The quantitative estimate of drug-likeness (QED) is 0.0863. The van der Waals surface area contributed by atoms with E-state index in [1.165, 1.54) is 53.9 Å². The van der Waals surface area contributed by atoms with Crippen LogP contribution in [-0.4, -0.2) is 0 Å². The molecule has 0 atom stereocenters. The van der Waals surface area contributed by atoms with Crippen LogP contribution in [0.15, 0.2) is 328 Å². The fraction of sp³-hybridized carbons (Fsp3) is 0. The average Bonchev–Trinajstić information content (AvgIpc) is 0.849. The van der Waals surface area contributed by atoms with Gasteiger partial charge in [0.1, 0.15) is 0 Å². The van der Waals surface area contributed by atoms with Crippen LogP contribution in [0, 0.1) is 0 Å². The molecule has 0 aliphatic carbocycles. The monoisotopic (exact) mass is 1180 g/mol. The molecule has 0 heterocycles. The summed E-state index contributed by atoms with van der Waals surface area (Å²) < 4.78 is 33.0. The second kappa shape index (κ2) is 20.4. The first-order valence-corrected chi connectivity index (χ1v) is 34.2. The standard InChI is InChI=1S/C86H54O2P2/c87-89(77-35-25-65-41-57-11-1-5-15-61(57)45-71(65)49-77,78-36-26-66-42-58-12-2-6-16-62(58)46-72(66)50-78)75-31-21-55(22-32-75)69-29-39-83-84-40-30-70(54-86(84)82-20-10-9-19-81(82)85(83)53-69)56-23-33-76(34-24-56)90(88,79-37-27-67-43-59-13-3-7-17-63(59)47-73(67)51-79)80-38-28-68-44-60-14-4-8-18-64(60)48-74(68)52-80/h1-54H. The molecule has 0 amide bonds. The molecular formula is C86H54O2P2. The van der Waals surface area contributed by atoms with Crippen LogP contribution in [-0.2, 0) is 9.13 Å². The normalized spacial score (nSPS) is 12.3. The molecule has 2 nitrogen and oxygen atoms in total. The van der Waals surface area contributed by atoms with Crippen LogP contribution < -0.4 is 31.8 Å². The van der Waals surface area contributed by atoms with E-state index < -0.39 is 14.3 Å². The molecule has 18 aromatic rings. The van der Waals surface area contributed by atoms with Gasteiger partial charge in [0, 0.05) is 31.8 Å². The molecule has 0 aliphatic rings. The van der Waals surface area contributed by atoms with Crippen molar-refractivity contribution in [3.8, 4) is 22.3 Å². The highest BCUT2D eigenvalue weighted by Crippen LogP contribution is 2.47. The molecule has 0 saturated heterocycles. The van der Waals surface area contributed by atoms with Gasteiger partial charge >= 0.3 is 0 Å². The van der Waals surface area contributed by atoms with E-state index in [1.807, 2.05) is 0 Å². The number of fused-ring (bicyclic) bond motifs is 14. The first-order valence-electron chi connectivity index (χ1n) is 30.8. The van der Waals surface area contributed by atoms with Crippen LogP contribution in [0.4, 0.5) is 0 Å². The molecule has 0 aromatic heterocycles. The molecule has 0 radical (unpaired) electrons. The SMILES string of the molecule is O=P(c1ccc(-c2ccc3c4ccc(-c5ccc(P(=O)(c6ccc7cc8ccccc8cc7c6)c6ccc7cc8ccccc8cc7c6)cc5)cc4c4ccccc4c3c2)cc1)(c1ccc2cc3ccccc3cc2c1)c1ccc2cc3ccccc3cc2c1. The molecule has 0 aliphatic heterocycles. The summed E-state index contributed by atoms with van der Waals surface area (Å²) in [4.78, 5) is 0. The first kappa shape index (κ1) is 52.4. The molecule has 420 valence electrons. The summed E-state index contributed by atoms with van der Waals surface area (Å²) in [5.41, 5.74) is 4.29. The van der Waals surface area contributed by atoms with E-state index in [1.54, 1.807) is 0 Å². The van der Waals surface area contributed by atoms with Gasteiger partial charge in [-0.25, -0.2) is 0 Å².